The number of rotatable bonds is 2. The fourth-order valence-electron chi connectivity index (χ4n) is 2.08. The van der Waals surface area contributed by atoms with Crippen molar-refractivity contribution in [1.82, 2.24) is 5.16 Å². The number of carboxylic acids is 1. The Bertz CT molecular complexity index is 775. The summed E-state index contributed by atoms with van der Waals surface area (Å²) in [5, 5.41) is 12.4. The van der Waals surface area contributed by atoms with Gasteiger partial charge in [0, 0.05) is 11.6 Å². The van der Waals surface area contributed by atoms with Crippen LogP contribution in [-0.2, 0) is 16.3 Å². The molecule has 0 fully saturated rings. The van der Waals surface area contributed by atoms with E-state index in [0.717, 1.165) is 5.56 Å². The molecule has 1 aliphatic heterocycles. The predicted molar refractivity (Wildman–Crippen MR) is 64.7 cm³/mol. The molecule has 0 unspecified atom stereocenters. The molecule has 2 aromatic rings. The van der Waals surface area contributed by atoms with Crippen molar-refractivity contribution >= 4 is 15.8 Å². The predicted octanol–water partition coefficient (Wildman–Crippen LogP) is 1.37. The number of carboxylic acid groups (broad SMARTS) is 1. The van der Waals surface area contributed by atoms with Crippen LogP contribution in [0.3, 0.4) is 0 Å². The van der Waals surface area contributed by atoms with E-state index in [-0.39, 0.29) is 11.5 Å². The molecule has 0 radical (unpaired) electrons. The molecule has 3 rings (SSSR count). The van der Waals surface area contributed by atoms with Crippen molar-refractivity contribution in [3.05, 3.63) is 35.6 Å². The van der Waals surface area contributed by atoms with Crippen molar-refractivity contribution in [3.63, 3.8) is 0 Å². The average molecular weight is 279 g/mol. The number of aromatic carboxylic acids is 1. The Morgan fingerprint density at radius 3 is 2.79 bits per heavy atom. The Labute approximate surface area is 108 Å². The standard InChI is InChI=1S/C12H9NO5S/c14-12(15)10-6-9(13-18-10)8-2-1-7-3-4-19(16,17)11(7)5-8/h1-2,5-6H,3-4H2,(H,14,15). The van der Waals surface area contributed by atoms with Crippen molar-refractivity contribution in [1.29, 1.82) is 0 Å². The number of hydrogen-bond acceptors (Lipinski definition) is 5. The molecule has 0 atom stereocenters. The Kier molecular flexibility index (Phi) is 2.46. The van der Waals surface area contributed by atoms with Crippen molar-refractivity contribution in [2.75, 3.05) is 5.75 Å². The molecule has 7 heteroatoms. The maximum atomic E-state index is 11.8. The molecule has 2 heterocycles. The van der Waals surface area contributed by atoms with Crippen LogP contribution >= 0.6 is 0 Å². The van der Waals surface area contributed by atoms with E-state index in [4.69, 9.17) is 5.11 Å². The van der Waals surface area contributed by atoms with Crippen LogP contribution in [0.25, 0.3) is 11.3 Å². The molecule has 0 spiro atoms. The number of benzene rings is 1. The summed E-state index contributed by atoms with van der Waals surface area (Å²) in [6.07, 6.45) is 0.511. The SMILES string of the molecule is O=C(O)c1cc(-c2ccc3c(c2)S(=O)(=O)CC3)no1. The molecule has 1 aliphatic rings. The van der Waals surface area contributed by atoms with Gasteiger partial charge in [-0.15, -0.1) is 0 Å². The van der Waals surface area contributed by atoms with E-state index in [2.05, 4.69) is 9.68 Å². The summed E-state index contributed by atoms with van der Waals surface area (Å²) in [5.74, 6) is -1.38. The van der Waals surface area contributed by atoms with E-state index in [9.17, 15) is 13.2 Å². The van der Waals surface area contributed by atoms with Gasteiger partial charge in [-0.05, 0) is 18.1 Å². The van der Waals surface area contributed by atoms with Crippen molar-refractivity contribution in [2.45, 2.75) is 11.3 Å². The molecule has 0 saturated heterocycles. The highest BCUT2D eigenvalue weighted by Crippen LogP contribution is 2.30. The van der Waals surface area contributed by atoms with Crippen LogP contribution in [0.15, 0.2) is 33.7 Å². The summed E-state index contributed by atoms with van der Waals surface area (Å²) in [6, 6.07) is 6.22. The second kappa shape index (κ2) is 3.92. The lowest BCUT2D eigenvalue weighted by atomic mass is 10.1. The molecule has 0 saturated carbocycles. The zero-order valence-corrected chi connectivity index (χ0v) is 10.5. The molecule has 0 aliphatic carbocycles. The summed E-state index contributed by atoms with van der Waals surface area (Å²) < 4.78 is 28.3. The number of fused-ring (bicyclic) bond motifs is 1. The summed E-state index contributed by atoms with van der Waals surface area (Å²) in [4.78, 5) is 11.0. The number of aryl methyl sites for hydroxylation is 1. The van der Waals surface area contributed by atoms with Gasteiger partial charge in [0.2, 0.25) is 5.76 Å². The van der Waals surface area contributed by atoms with Gasteiger partial charge in [-0.2, -0.15) is 0 Å². The summed E-state index contributed by atoms with van der Waals surface area (Å²) in [7, 11) is -3.22. The third-order valence-corrected chi connectivity index (χ3v) is 4.85. The Balaban J connectivity index is 2.10. The van der Waals surface area contributed by atoms with Gasteiger partial charge in [-0.3, -0.25) is 0 Å². The number of sulfone groups is 1. The molecule has 1 aromatic heterocycles. The Hall–Kier alpha value is -2.15. The highest BCUT2D eigenvalue weighted by Gasteiger charge is 2.26. The Morgan fingerprint density at radius 2 is 2.11 bits per heavy atom. The summed E-state index contributed by atoms with van der Waals surface area (Å²) in [5.41, 5.74) is 1.62. The van der Waals surface area contributed by atoms with Gasteiger partial charge in [0.05, 0.1) is 10.6 Å². The normalized spacial score (nSPS) is 16.2. The van der Waals surface area contributed by atoms with Crippen molar-refractivity contribution in [2.24, 2.45) is 0 Å². The average Bonchev–Trinajstić information content (AvgIpc) is 2.95. The smallest absolute Gasteiger partial charge is 0.374 e. The zero-order valence-electron chi connectivity index (χ0n) is 9.66. The van der Waals surface area contributed by atoms with Crippen molar-refractivity contribution in [3.8, 4) is 11.3 Å². The van der Waals surface area contributed by atoms with E-state index < -0.39 is 15.8 Å². The maximum Gasteiger partial charge on any atom is 0.374 e. The molecular formula is C12H9NO5S. The van der Waals surface area contributed by atoms with E-state index in [1.54, 1.807) is 12.1 Å². The molecular weight excluding hydrogens is 270 g/mol. The number of nitrogens with zero attached hydrogens (tertiary/aromatic N) is 1. The van der Waals surface area contributed by atoms with Crippen LogP contribution in [0.2, 0.25) is 0 Å². The molecule has 19 heavy (non-hydrogen) atoms. The first-order chi connectivity index (χ1) is 8.97. The highest BCUT2D eigenvalue weighted by atomic mass is 32.2. The zero-order chi connectivity index (χ0) is 13.6. The van der Waals surface area contributed by atoms with Gasteiger partial charge in [0.15, 0.2) is 9.84 Å². The van der Waals surface area contributed by atoms with Gasteiger partial charge < -0.3 is 9.63 Å². The van der Waals surface area contributed by atoms with Crippen LogP contribution in [0.4, 0.5) is 0 Å². The molecule has 0 bridgehead atoms. The van der Waals surface area contributed by atoms with Gasteiger partial charge in [-0.25, -0.2) is 13.2 Å². The molecule has 6 nitrogen and oxygen atoms in total. The molecule has 98 valence electrons. The third-order valence-electron chi connectivity index (χ3n) is 3.06. The molecule has 1 aromatic carbocycles. The first-order valence-corrected chi connectivity index (χ1v) is 7.19. The quantitative estimate of drug-likeness (QED) is 0.891. The number of carbonyl (C=O) groups is 1. The lowest BCUT2D eigenvalue weighted by Crippen LogP contribution is -1.98. The maximum absolute atomic E-state index is 11.8. The fraction of sp³-hybridized carbons (Fsp3) is 0.167. The first-order valence-electron chi connectivity index (χ1n) is 5.53. The van der Waals surface area contributed by atoms with Crippen LogP contribution in [0.1, 0.15) is 16.1 Å². The lowest BCUT2D eigenvalue weighted by Gasteiger charge is -2.00. The first kappa shape index (κ1) is 11.9. The minimum absolute atomic E-state index is 0.116. The van der Waals surface area contributed by atoms with Crippen LogP contribution in [0.5, 0.6) is 0 Å². The van der Waals surface area contributed by atoms with E-state index >= 15 is 0 Å². The van der Waals surface area contributed by atoms with Gasteiger partial charge in [-0.1, -0.05) is 17.3 Å². The second-order valence-electron chi connectivity index (χ2n) is 4.27. The molecule has 1 N–H and O–H groups in total. The van der Waals surface area contributed by atoms with Crippen molar-refractivity contribution < 1.29 is 22.8 Å². The fourth-order valence-corrected chi connectivity index (χ4v) is 3.66. The van der Waals surface area contributed by atoms with Gasteiger partial charge >= 0.3 is 5.97 Å². The number of hydrogen-bond donors (Lipinski definition) is 1. The summed E-state index contributed by atoms with van der Waals surface area (Å²) >= 11 is 0. The monoisotopic (exact) mass is 279 g/mol. The van der Waals surface area contributed by atoms with E-state index in [0.29, 0.717) is 22.6 Å². The largest absolute Gasteiger partial charge is 0.475 e. The number of aromatic nitrogens is 1. The molecule has 0 amide bonds. The highest BCUT2D eigenvalue weighted by molar-refractivity contribution is 7.91. The topological polar surface area (TPSA) is 97.5 Å². The van der Waals surface area contributed by atoms with Crippen LogP contribution in [0, 0.1) is 0 Å². The van der Waals surface area contributed by atoms with Gasteiger partial charge in [0.25, 0.3) is 0 Å². The minimum atomic E-state index is -3.22. The van der Waals surface area contributed by atoms with Crippen LogP contribution in [-0.4, -0.2) is 30.4 Å². The van der Waals surface area contributed by atoms with Crippen LogP contribution < -0.4 is 0 Å². The van der Waals surface area contributed by atoms with Gasteiger partial charge in [0.1, 0.15) is 5.69 Å². The third kappa shape index (κ3) is 1.91. The summed E-state index contributed by atoms with van der Waals surface area (Å²) in [6.45, 7) is 0. The lowest BCUT2D eigenvalue weighted by molar-refractivity contribution is 0.0652. The second-order valence-corrected chi connectivity index (χ2v) is 6.35. The minimum Gasteiger partial charge on any atom is -0.475 e. The van der Waals surface area contributed by atoms with E-state index in [1.165, 1.54) is 12.1 Å². The Morgan fingerprint density at radius 1 is 1.32 bits per heavy atom. The van der Waals surface area contributed by atoms with E-state index in [1.807, 2.05) is 0 Å².